The van der Waals surface area contributed by atoms with Gasteiger partial charge in [0, 0.05) is 139 Å². The molecule has 3 aliphatic heterocycles. The molecule has 3 amide bonds. The van der Waals surface area contributed by atoms with E-state index in [1.54, 1.807) is 82.7 Å². The number of hydrogen-bond donors (Lipinski definition) is 0. The molecule has 3 aliphatic rings. The summed E-state index contributed by atoms with van der Waals surface area (Å²) in [6.07, 6.45) is 4.80. The predicted molar refractivity (Wildman–Crippen MR) is 317 cm³/mol. The number of halogens is 2. The first-order chi connectivity index (χ1) is 40.8. The summed E-state index contributed by atoms with van der Waals surface area (Å²) in [4.78, 5) is 101. The first-order valence-electron chi connectivity index (χ1n) is 28.0. The van der Waals surface area contributed by atoms with E-state index in [2.05, 4.69) is 41.2 Å². The zero-order valence-electron chi connectivity index (χ0n) is 47.1. The number of fused-ring (bicyclic) bond motifs is 3. The Kier molecular flexibility index (Phi) is 17.5. The first-order valence-corrected chi connectivity index (χ1v) is 28.0. The van der Waals surface area contributed by atoms with Gasteiger partial charge in [0.2, 0.25) is 0 Å². The van der Waals surface area contributed by atoms with E-state index in [0.29, 0.717) is 148 Å². The van der Waals surface area contributed by atoms with Crippen LogP contribution in [-0.2, 0) is 19.6 Å². The number of benzene rings is 3. The van der Waals surface area contributed by atoms with E-state index >= 15 is 0 Å². The smallest absolute Gasteiger partial charge is 0.275 e. The van der Waals surface area contributed by atoms with Gasteiger partial charge in [0.05, 0.1) is 16.2 Å². The Bertz CT molecular complexity index is 3920. The van der Waals surface area contributed by atoms with Crippen molar-refractivity contribution >= 4 is 67.5 Å². The SMILES string of the molecule is CCn1nc(C(=O)N2CCN(c3cc(C)ccn3)CC2)c2ccccc2c1=O.CCn1nc(C(=O)N2CCN(c3cc(F)ccn3)CC2)c2ccccc2c1=O.CCn1nc(C(=O)N2CCN(c3ncccc3F)CC2)c2ccccc2c1=O. The number of aromatic nitrogens is 9. The summed E-state index contributed by atoms with van der Waals surface area (Å²) in [7, 11) is 0. The van der Waals surface area contributed by atoms with E-state index in [0.717, 1.165) is 5.82 Å². The van der Waals surface area contributed by atoms with Crippen molar-refractivity contribution < 1.29 is 23.2 Å². The summed E-state index contributed by atoms with van der Waals surface area (Å²) in [5.41, 5.74) is 1.51. The lowest BCUT2D eigenvalue weighted by Gasteiger charge is -2.35. The second-order valence-corrected chi connectivity index (χ2v) is 20.2. The minimum atomic E-state index is -0.370. The highest BCUT2D eigenvalue weighted by Gasteiger charge is 2.30. The summed E-state index contributed by atoms with van der Waals surface area (Å²) in [6, 6.07) is 30.9. The number of carbonyl (C=O) groups is 3. The fourth-order valence-electron chi connectivity index (χ4n) is 10.5. The molecule has 12 rings (SSSR count). The van der Waals surface area contributed by atoms with Gasteiger partial charge in [-0.2, -0.15) is 15.3 Å². The van der Waals surface area contributed by atoms with E-state index < -0.39 is 0 Å². The minimum Gasteiger partial charge on any atom is -0.353 e. The van der Waals surface area contributed by atoms with Crippen LogP contribution in [0.1, 0.15) is 57.8 Å². The zero-order chi connectivity index (χ0) is 59.0. The number of carbonyl (C=O) groups excluding carboxylic acids is 3. The summed E-state index contributed by atoms with van der Waals surface area (Å²) < 4.78 is 31.4. The second kappa shape index (κ2) is 25.6. The maximum absolute atomic E-state index is 14.0. The molecular formula is C61H63F2N15O6. The minimum absolute atomic E-state index is 0.129. The van der Waals surface area contributed by atoms with E-state index in [1.807, 2.05) is 66.8 Å². The molecule has 21 nitrogen and oxygen atoms in total. The van der Waals surface area contributed by atoms with E-state index in [9.17, 15) is 37.5 Å². The van der Waals surface area contributed by atoms with Crippen LogP contribution in [-0.4, -0.2) is 155 Å². The van der Waals surface area contributed by atoms with Gasteiger partial charge in [0.15, 0.2) is 28.7 Å². The third-order valence-electron chi connectivity index (χ3n) is 15.1. The number of aryl methyl sites for hydroxylation is 4. The molecule has 6 aromatic heterocycles. The zero-order valence-corrected chi connectivity index (χ0v) is 47.1. The Balaban J connectivity index is 0.000000140. The van der Waals surface area contributed by atoms with Crippen LogP contribution in [0.5, 0.6) is 0 Å². The van der Waals surface area contributed by atoms with Crippen LogP contribution in [0.2, 0.25) is 0 Å². The topological polar surface area (TPSA) is 214 Å². The third-order valence-corrected chi connectivity index (χ3v) is 15.1. The van der Waals surface area contributed by atoms with Crippen LogP contribution >= 0.6 is 0 Å². The lowest BCUT2D eigenvalue weighted by atomic mass is 10.1. The van der Waals surface area contributed by atoms with E-state index in [1.165, 1.54) is 44.0 Å². The Morgan fingerprint density at radius 2 is 0.774 bits per heavy atom. The molecule has 0 radical (unpaired) electrons. The molecule has 0 bridgehead atoms. The van der Waals surface area contributed by atoms with E-state index in [4.69, 9.17) is 0 Å². The Morgan fingerprint density at radius 3 is 1.13 bits per heavy atom. The molecular weight excluding hydrogens is 1080 g/mol. The van der Waals surface area contributed by atoms with Crippen LogP contribution in [0, 0.1) is 18.6 Å². The predicted octanol–water partition coefficient (Wildman–Crippen LogP) is 5.91. The third kappa shape index (κ3) is 12.1. The quantitative estimate of drug-likeness (QED) is 0.164. The number of hydrogen-bond acceptors (Lipinski definition) is 15. The fraction of sp³-hybridized carbons (Fsp3) is 0.311. The molecule has 0 saturated carbocycles. The fourth-order valence-corrected chi connectivity index (χ4v) is 10.5. The van der Waals surface area contributed by atoms with Gasteiger partial charge in [0.1, 0.15) is 17.5 Å². The maximum Gasteiger partial charge on any atom is 0.275 e. The highest BCUT2D eigenvalue weighted by atomic mass is 19.1. The first kappa shape index (κ1) is 57.4. The Hall–Kier alpha value is -9.80. The van der Waals surface area contributed by atoms with Crippen molar-refractivity contribution in [3.63, 3.8) is 0 Å². The van der Waals surface area contributed by atoms with Gasteiger partial charge in [-0.25, -0.2) is 37.8 Å². The average molecular weight is 1140 g/mol. The Morgan fingerprint density at radius 1 is 0.417 bits per heavy atom. The molecule has 9 heterocycles. The second-order valence-electron chi connectivity index (χ2n) is 20.2. The molecule has 0 aliphatic carbocycles. The van der Waals surface area contributed by atoms with Crippen LogP contribution in [0.3, 0.4) is 0 Å². The van der Waals surface area contributed by atoms with Crippen LogP contribution < -0.4 is 31.4 Å². The van der Waals surface area contributed by atoms with E-state index in [-0.39, 0.29) is 57.4 Å². The normalized spacial score (nSPS) is 14.5. The van der Waals surface area contributed by atoms with Gasteiger partial charge in [-0.05, 0) is 81.8 Å². The highest BCUT2D eigenvalue weighted by molar-refractivity contribution is 6.06. The molecule has 84 heavy (non-hydrogen) atoms. The molecule has 3 aromatic carbocycles. The van der Waals surface area contributed by atoms with Crippen molar-refractivity contribution in [3.05, 3.63) is 193 Å². The van der Waals surface area contributed by atoms with Gasteiger partial charge in [-0.1, -0.05) is 54.6 Å². The molecule has 0 N–H and O–H groups in total. The number of pyridine rings is 3. The highest BCUT2D eigenvalue weighted by Crippen LogP contribution is 2.23. The molecule has 9 aromatic rings. The molecule has 3 saturated heterocycles. The summed E-state index contributed by atoms with van der Waals surface area (Å²) in [6.45, 7) is 15.2. The number of piperazine rings is 3. The van der Waals surface area contributed by atoms with Gasteiger partial charge in [-0.15, -0.1) is 0 Å². The van der Waals surface area contributed by atoms with Gasteiger partial charge < -0.3 is 29.4 Å². The lowest BCUT2D eigenvalue weighted by Crippen LogP contribution is -2.49. The molecule has 0 unspecified atom stereocenters. The van der Waals surface area contributed by atoms with Crippen molar-refractivity contribution in [3.8, 4) is 0 Å². The van der Waals surface area contributed by atoms with Crippen molar-refractivity contribution in [2.24, 2.45) is 0 Å². The molecule has 0 atom stereocenters. The van der Waals surface area contributed by atoms with Crippen LogP contribution in [0.15, 0.2) is 142 Å². The monoisotopic (exact) mass is 1140 g/mol. The molecule has 432 valence electrons. The standard InChI is InChI=1S/C21H23N5O2.2C20H20FN5O2/c1-3-26-20(27)17-7-5-4-6-16(17)19(23-26)21(28)25-12-10-24(11-13-25)18-14-15(2)8-9-22-18;1-2-26-19(27)15-7-4-3-6-14(15)17(23-26)20(28)25-12-10-24(11-13-25)18-16(21)8-5-9-22-18;1-2-26-19(27)16-6-4-3-5-15(16)18(23-26)20(28)25-11-9-24(10-12-25)17-13-14(21)7-8-22-17/h4-9,14H,3,10-13H2,1-2H3;3-9H,2,10-13H2,1H3;3-8,13H,2,9-12H2,1H3. The van der Waals surface area contributed by atoms with Gasteiger partial charge in [0.25, 0.3) is 34.4 Å². The number of nitrogens with zero attached hydrogens (tertiary/aromatic N) is 15. The molecule has 3 fully saturated rings. The summed E-state index contributed by atoms with van der Waals surface area (Å²) in [5, 5.41) is 16.2. The van der Waals surface area contributed by atoms with Crippen LogP contribution in [0.4, 0.5) is 26.2 Å². The lowest BCUT2D eigenvalue weighted by molar-refractivity contribution is 0.0732. The molecule has 0 spiro atoms. The van der Waals surface area contributed by atoms with Gasteiger partial charge in [-0.3, -0.25) is 28.8 Å². The number of amides is 3. The maximum atomic E-state index is 14.0. The average Bonchev–Trinajstić information content (AvgIpc) is 3.51. The molecule has 23 heteroatoms. The van der Waals surface area contributed by atoms with Crippen molar-refractivity contribution in [2.45, 2.75) is 47.3 Å². The van der Waals surface area contributed by atoms with Crippen molar-refractivity contribution in [1.29, 1.82) is 0 Å². The number of rotatable bonds is 9. The van der Waals surface area contributed by atoms with Gasteiger partial charge >= 0.3 is 0 Å². The van der Waals surface area contributed by atoms with Crippen molar-refractivity contribution in [1.82, 2.24) is 59.0 Å². The van der Waals surface area contributed by atoms with Crippen LogP contribution in [0.25, 0.3) is 32.3 Å². The van der Waals surface area contributed by atoms with Crippen molar-refractivity contribution in [2.75, 3.05) is 93.2 Å². The summed E-state index contributed by atoms with van der Waals surface area (Å²) >= 11 is 0. The Labute approximate surface area is 481 Å². The summed E-state index contributed by atoms with van der Waals surface area (Å²) in [5.74, 6) is 0.550. The largest absolute Gasteiger partial charge is 0.353 e. The number of anilines is 3.